The van der Waals surface area contributed by atoms with Gasteiger partial charge in [0.25, 0.3) is 0 Å². The number of aromatic hydroxyl groups is 1. The van der Waals surface area contributed by atoms with Crippen molar-refractivity contribution in [1.82, 2.24) is 4.98 Å². The molecule has 1 N–H and O–H groups in total. The van der Waals surface area contributed by atoms with E-state index in [-0.39, 0.29) is 11.6 Å². The second-order valence-corrected chi connectivity index (χ2v) is 5.68. The number of phenols is 1. The van der Waals surface area contributed by atoms with Gasteiger partial charge in [0.05, 0.1) is 5.69 Å². The maximum Gasteiger partial charge on any atom is 0.209 e. The molecule has 0 aliphatic heterocycles. The van der Waals surface area contributed by atoms with Crippen LogP contribution in [0.2, 0.25) is 0 Å². The predicted molar refractivity (Wildman–Crippen MR) is 87.6 cm³/mol. The number of benzene rings is 2. The van der Waals surface area contributed by atoms with Crippen LogP contribution >= 0.6 is 11.3 Å². The third kappa shape index (κ3) is 3.20. The molecule has 0 spiro atoms. The largest absolute Gasteiger partial charge is 0.507 e. The maximum atomic E-state index is 12.9. The van der Waals surface area contributed by atoms with E-state index in [4.69, 9.17) is 0 Å². The van der Waals surface area contributed by atoms with Crippen molar-refractivity contribution in [3.8, 4) is 17.0 Å². The third-order valence-corrected chi connectivity index (χ3v) is 3.88. The van der Waals surface area contributed by atoms with E-state index in [1.54, 1.807) is 24.4 Å². The molecule has 1 aromatic heterocycles. The summed E-state index contributed by atoms with van der Waals surface area (Å²) < 4.78 is 12.9. The Balaban J connectivity index is 1.82. The zero-order valence-electron chi connectivity index (χ0n) is 11.8. The minimum absolute atomic E-state index is 0.194. The highest BCUT2D eigenvalue weighted by molar-refractivity contribution is 7.13. The molecule has 0 amide bonds. The van der Waals surface area contributed by atoms with Crippen LogP contribution in [0.25, 0.3) is 11.3 Å². The predicted octanol–water partition coefficient (Wildman–Crippen LogP) is 4.71. The summed E-state index contributed by atoms with van der Waals surface area (Å²) in [6, 6.07) is 11.6. The van der Waals surface area contributed by atoms with Crippen molar-refractivity contribution >= 4 is 22.7 Å². The molecule has 0 aliphatic rings. The van der Waals surface area contributed by atoms with Crippen LogP contribution in [0.15, 0.2) is 52.8 Å². The van der Waals surface area contributed by atoms with Gasteiger partial charge in [0.2, 0.25) is 5.13 Å². The SMILES string of the molecule is Cc1ccc(/C=N/c2nc(-c3ccc(F)cc3)cs2)c(O)c1. The number of thiazole rings is 1. The average molecular weight is 312 g/mol. The van der Waals surface area contributed by atoms with Gasteiger partial charge in [-0.1, -0.05) is 6.07 Å². The van der Waals surface area contributed by atoms with Gasteiger partial charge < -0.3 is 5.11 Å². The fourth-order valence-electron chi connectivity index (χ4n) is 1.96. The quantitative estimate of drug-likeness (QED) is 0.712. The van der Waals surface area contributed by atoms with Crippen molar-refractivity contribution in [2.75, 3.05) is 0 Å². The molecule has 0 fully saturated rings. The van der Waals surface area contributed by atoms with Gasteiger partial charge >= 0.3 is 0 Å². The summed E-state index contributed by atoms with van der Waals surface area (Å²) >= 11 is 1.39. The molecule has 0 saturated carbocycles. The molecule has 0 bridgehead atoms. The van der Waals surface area contributed by atoms with E-state index >= 15 is 0 Å². The van der Waals surface area contributed by atoms with Gasteiger partial charge in [0.1, 0.15) is 11.6 Å². The van der Waals surface area contributed by atoms with Crippen LogP contribution in [0.1, 0.15) is 11.1 Å². The molecule has 5 heteroatoms. The molecule has 2 aromatic carbocycles. The maximum absolute atomic E-state index is 12.9. The lowest BCUT2D eigenvalue weighted by Gasteiger charge is -1.99. The summed E-state index contributed by atoms with van der Waals surface area (Å²) in [7, 11) is 0. The standard InChI is InChI=1S/C17H13FN2OS/c1-11-2-3-13(16(21)8-11)9-19-17-20-15(10-22-17)12-4-6-14(18)7-5-12/h2-10,21H,1H3/b19-9+. The molecule has 0 atom stereocenters. The second kappa shape index (κ2) is 6.07. The summed E-state index contributed by atoms with van der Waals surface area (Å²) in [6.45, 7) is 1.91. The fraction of sp³-hybridized carbons (Fsp3) is 0.0588. The van der Waals surface area contributed by atoms with Crippen molar-refractivity contribution in [1.29, 1.82) is 0 Å². The summed E-state index contributed by atoms with van der Waals surface area (Å²) in [4.78, 5) is 8.67. The van der Waals surface area contributed by atoms with Crippen LogP contribution in [0, 0.1) is 12.7 Å². The molecule has 110 valence electrons. The molecular formula is C17H13FN2OS. The highest BCUT2D eigenvalue weighted by Gasteiger charge is 2.04. The number of aliphatic imine (C=N–C) groups is 1. The van der Waals surface area contributed by atoms with Crippen molar-refractivity contribution in [3.05, 3.63) is 64.8 Å². The van der Waals surface area contributed by atoms with Crippen molar-refractivity contribution in [3.63, 3.8) is 0 Å². The van der Waals surface area contributed by atoms with E-state index in [1.165, 1.54) is 23.5 Å². The zero-order valence-corrected chi connectivity index (χ0v) is 12.6. The number of hydrogen-bond acceptors (Lipinski definition) is 4. The van der Waals surface area contributed by atoms with E-state index in [9.17, 15) is 9.50 Å². The zero-order chi connectivity index (χ0) is 15.5. The lowest BCUT2D eigenvalue weighted by atomic mass is 10.1. The molecule has 3 aromatic rings. The Morgan fingerprint density at radius 1 is 1.18 bits per heavy atom. The van der Waals surface area contributed by atoms with Crippen LogP contribution in [-0.4, -0.2) is 16.3 Å². The summed E-state index contributed by atoms with van der Waals surface area (Å²) in [6.07, 6.45) is 1.59. The van der Waals surface area contributed by atoms with E-state index in [0.717, 1.165) is 16.8 Å². The number of aryl methyl sites for hydroxylation is 1. The first-order valence-electron chi connectivity index (χ1n) is 6.67. The third-order valence-electron chi connectivity index (χ3n) is 3.13. The normalized spacial score (nSPS) is 11.2. The van der Waals surface area contributed by atoms with Gasteiger partial charge in [-0.2, -0.15) is 0 Å². The van der Waals surface area contributed by atoms with Crippen LogP contribution < -0.4 is 0 Å². The number of nitrogens with zero attached hydrogens (tertiary/aromatic N) is 2. The highest BCUT2D eigenvalue weighted by atomic mass is 32.1. The van der Waals surface area contributed by atoms with Crippen LogP contribution in [0.3, 0.4) is 0 Å². The van der Waals surface area contributed by atoms with E-state index in [2.05, 4.69) is 9.98 Å². The van der Waals surface area contributed by atoms with E-state index in [0.29, 0.717) is 10.7 Å². The summed E-state index contributed by atoms with van der Waals surface area (Å²) in [5.74, 6) is -0.0777. The Kier molecular flexibility index (Phi) is 3.98. The Labute approximate surface area is 131 Å². The van der Waals surface area contributed by atoms with Crippen LogP contribution in [0.5, 0.6) is 5.75 Å². The van der Waals surface area contributed by atoms with Gasteiger partial charge in [-0.25, -0.2) is 14.4 Å². The summed E-state index contributed by atoms with van der Waals surface area (Å²) in [5, 5.41) is 12.3. The molecule has 3 rings (SSSR count). The topological polar surface area (TPSA) is 45.5 Å². The lowest BCUT2D eigenvalue weighted by molar-refractivity contribution is 0.474. The number of aromatic nitrogens is 1. The molecular weight excluding hydrogens is 299 g/mol. The summed E-state index contributed by atoms with van der Waals surface area (Å²) in [5.41, 5.74) is 3.23. The first-order chi connectivity index (χ1) is 10.6. The van der Waals surface area contributed by atoms with Gasteiger partial charge in [-0.05, 0) is 48.9 Å². The number of phenolic OH excluding ortho intramolecular Hbond substituents is 1. The average Bonchev–Trinajstić information content (AvgIpc) is 2.96. The number of rotatable bonds is 3. The van der Waals surface area contributed by atoms with Crippen molar-refractivity contribution in [2.45, 2.75) is 6.92 Å². The Morgan fingerprint density at radius 2 is 1.95 bits per heavy atom. The van der Waals surface area contributed by atoms with Gasteiger partial charge in [0.15, 0.2) is 0 Å². The van der Waals surface area contributed by atoms with Gasteiger partial charge in [0, 0.05) is 22.7 Å². The van der Waals surface area contributed by atoms with Crippen LogP contribution in [-0.2, 0) is 0 Å². The van der Waals surface area contributed by atoms with Crippen molar-refractivity contribution < 1.29 is 9.50 Å². The number of hydrogen-bond donors (Lipinski definition) is 1. The fourth-order valence-corrected chi connectivity index (χ4v) is 2.63. The molecule has 1 heterocycles. The smallest absolute Gasteiger partial charge is 0.209 e. The molecule has 0 aliphatic carbocycles. The molecule has 22 heavy (non-hydrogen) atoms. The van der Waals surface area contributed by atoms with Crippen molar-refractivity contribution in [2.24, 2.45) is 4.99 Å². The molecule has 0 saturated heterocycles. The molecule has 0 radical (unpaired) electrons. The van der Waals surface area contributed by atoms with E-state index < -0.39 is 0 Å². The Morgan fingerprint density at radius 3 is 2.68 bits per heavy atom. The lowest BCUT2D eigenvalue weighted by Crippen LogP contribution is -1.83. The monoisotopic (exact) mass is 312 g/mol. The van der Waals surface area contributed by atoms with Gasteiger partial charge in [-0.3, -0.25) is 0 Å². The minimum atomic E-state index is -0.271. The Bertz CT molecular complexity index is 825. The first-order valence-corrected chi connectivity index (χ1v) is 7.55. The van der Waals surface area contributed by atoms with Gasteiger partial charge in [-0.15, -0.1) is 11.3 Å². The first kappa shape index (κ1) is 14.4. The molecule has 3 nitrogen and oxygen atoms in total. The highest BCUT2D eigenvalue weighted by Crippen LogP contribution is 2.27. The van der Waals surface area contributed by atoms with E-state index in [1.807, 2.05) is 24.4 Å². The Hall–Kier alpha value is -2.53. The number of halogens is 1. The molecule has 0 unspecified atom stereocenters. The second-order valence-electron chi connectivity index (χ2n) is 4.84. The van der Waals surface area contributed by atoms with Crippen LogP contribution in [0.4, 0.5) is 9.52 Å². The minimum Gasteiger partial charge on any atom is -0.507 e.